The fraction of sp³-hybridized carbons (Fsp3) is 0.312. The third-order valence-corrected chi connectivity index (χ3v) is 8.36. The van der Waals surface area contributed by atoms with Gasteiger partial charge in [0.2, 0.25) is 0 Å². The molecule has 0 saturated carbocycles. The first-order valence-electron chi connectivity index (χ1n) is 14.1. The number of aromatic nitrogens is 2. The Morgan fingerprint density at radius 2 is 1.71 bits per heavy atom. The van der Waals surface area contributed by atoms with E-state index in [9.17, 15) is 9.59 Å². The zero-order chi connectivity index (χ0) is 29.3. The number of hydrogen-bond donors (Lipinski definition) is 2. The van der Waals surface area contributed by atoms with Crippen molar-refractivity contribution in [3.63, 3.8) is 0 Å². The predicted molar refractivity (Wildman–Crippen MR) is 165 cm³/mol. The number of anilines is 2. The molecule has 10 heteroatoms. The number of aryl methyl sites for hydroxylation is 2. The summed E-state index contributed by atoms with van der Waals surface area (Å²) in [4.78, 5) is 38.7. The van der Waals surface area contributed by atoms with Crippen molar-refractivity contribution in [3.8, 4) is 5.75 Å². The highest BCUT2D eigenvalue weighted by Crippen LogP contribution is 2.28. The number of thiazole rings is 1. The zero-order valence-corrected chi connectivity index (χ0v) is 24.5. The quantitative estimate of drug-likeness (QED) is 0.246. The van der Waals surface area contributed by atoms with Crippen LogP contribution in [0.4, 0.5) is 10.8 Å². The zero-order valence-electron chi connectivity index (χ0n) is 23.7. The van der Waals surface area contributed by atoms with E-state index in [1.54, 1.807) is 35.7 Å². The van der Waals surface area contributed by atoms with Gasteiger partial charge in [0, 0.05) is 62.3 Å². The fourth-order valence-corrected chi connectivity index (χ4v) is 5.95. The Kier molecular flexibility index (Phi) is 9.66. The van der Waals surface area contributed by atoms with E-state index >= 15 is 0 Å². The molecule has 0 unspecified atom stereocenters. The molecule has 42 heavy (non-hydrogen) atoms. The Morgan fingerprint density at radius 1 is 0.952 bits per heavy atom. The molecule has 0 bridgehead atoms. The molecule has 0 radical (unpaired) electrons. The molecule has 1 amide bonds. The average Bonchev–Trinajstić information content (AvgIpc) is 3.40. The number of carbonyl (C=O) groups is 2. The van der Waals surface area contributed by atoms with Gasteiger partial charge in [-0.2, -0.15) is 0 Å². The van der Waals surface area contributed by atoms with Gasteiger partial charge in [0.15, 0.2) is 5.13 Å². The third kappa shape index (κ3) is 7.64. The van der Waals surface area contributed by atoms with Crippen LogP contribution in [0.15, 0.2) is 72.9 Å². The maximum atomic E-state index is 12.5. The Balaban J connectivity index is 1.17. The summed E-state index contributed by atoms with van der Waals surface area (Å²) in [6, 6.07) is 21.3. The summed E-state index contributed by atoms with van der Waals surface area (Å²) in [6.07, 6.45) is 2.62. The van der Waals surface area contributed by atoms with Crippen LogP contribution in [0, 0.1) is 6.92 Å². The molecule has 218 valence electrons. The van der Waals surface area contributed by atoms with Crippen molar-refractivity contribution in [1.29, 1.82) is 0 Å². The van der Waals surface area contributed by atoms with Gasteiger partial charge in [-0.3, -0.25) is 14.6 Å². The SMILES string of the molecule is Cc1sc(N2CCN(c3ccccc3)CC2)nc1CCOc1ccc(CCC(=O)O)c(CNC(=O)c2ccccn2)c1. The van der Waals surface area contributed by atoms with E-state index in [-0.39, 0.29) is 18.9 Å². The maximum absolute atomic E-state index is 12.5. The van der Waals surface area contributed by atoms with Gasteiger partial charge in [0.1, 0.15) is 11.4 Å². The van der Waals surface area contributed by atoms with E-state index in [0.717, 1.165) is 48.1 Å². The summed E-state index contributed by atoms with van der Waals surface area (Å²) in [7, 11) is 0. The second-order valence-electron chi connectivity index (χ2n) is 10.1. The molecule has 1 saturated heterocycles. The number of nitrogens with zero attached hydrogens (tertiary/aromatic N) is 4. The summed E-state index contributed by atoms with van der Waals surface area (Å²) in [5.41, 5.74) is 4.31. The molecule has 2 aromatic heterocycles. The Hall–Kier alpha value is -4.44. The lowest BCUT2D eigenvalue weighted by Crippen LogP contribution is -2.46. The number of carbonyl (C=O) groups excluding carboxylic acids is 1. The second kappa shape index (κ2) is 14.0. The number of amides is 1. The van der Waals surface area contributed by atoms with Crippen molar-refractivity contribution < 1.29 is 19.4 Å². The molecule has 1 aliphatic heterocycles. The largest absolute Gasteiger partial charge is 0.493 e. The summed E-state index contributed by atoms with van der Waals surface area (Å²) in [5.74, 6) is -0.487. The molecule has 2 aromatic carbocycles. The number of pyridine rings is 1. The van der Waals surface area contributed by atoms with Crippen LogP contribution in [-0.4, -0.2) is 59.7 Å². The summed E-state index contributed by atoms with van der Waals surface area (Å²) in [5, 5.41) is 13.1. The molecule has 4 aromatic rings. The molecule has 5 rings (SSSR count). The van der Waals surface area contributed by atoms with E-state index in [2.05, 4.69) is 51.3 Å². The highest BCUT2D eigenvalue weighted by Gasteiger charge is 2.21. The van der Waals surface area contributed by atoms with E-state index in [4.69, 9.17) is 14.8 Å². The van der Waals surface area contributed by atoms with Gasteiger partial charge in [-0.25, -0.2) is 4.98 Å². The van der Waals surface area contributed by atoms with Crippen molar-refractivity contribution in [2.45, 2.75) is 32.7 Å². The number of carboxylic acids is 1. The van der Waals surface area contributed by atoms with Crippen molar-refractivity contribution >= 4 is 34.0 Å². The van der Waals surface area contributed by atoms with Crippen LogP contribution in [-0.2, 0) is 24.2 Å². The van der Waals surface area contributed by atoms with Crippen LogP contribution < -0.4 is 19.9 Å². The smallest absolute Gasteiger partial charge is 0.303 e. The minimum absolute atomic E-state index is 0.00807. The van der Waals surface area contributed by atoms with Gasteiger partial charge < -0.3 is 25.0 Å². The maximum Gasteiger partial charge on any atom is 0.303 e. The monoisotopic (exact) mass is 585 g/mol. The number of ether oxygens (including phenoxy) is 1. The van der Waals surface area contributed by atoms with Gasteiger partial charge in [-0.1, -0.05) is 30.3 Å². The van der Waals surface area contributed by atoms with Crippen LogP contribution in [0.2, 0.25) is 0 Å². The molecular weight excluding hydrogens is 550 g/mol. The highest BCUT2D eigenvalue weighted by molar-refractivity contribution is 7.15. The molecule has 0 atom stereocenters. The minimum Gasteiger partial charge on any atom is -0.493 e. The lowest BCUT2D eigenvalue weighted by Gasteiger charge is -2.36. The molecule has 1 fully saturated rings. The second-order valence-corrected chi connectivity index (χ2v) is 11.3. The average molecular weight is 586 g/mol. The van der Waals surface area contributed by atoms with Gasteiger partial charge >= 0.3 is 5.97 Å². The molecule has 9 nitrogen and oxygen atoms in total. The Bertz CT molecular complexity index is 1490. The summed E-state index contributed by atoms with van der Waals surface area (Å²) >= 11 is 1.73. The normalized spacial score (nSPS) is 13.2. The molecule has 0 aliphatic carbocycles. The predicted octanol–water partition coefficient (Wildman–Crippen LogP) is 4.74. The number of rotatable bonds is 12. The van der Waals surface area contributed by atoms with Crippen LogP contribution in [0.1, 0.15) is 38.6 Å². The van der Waals surface area contributed by atoms with Crippen molar-refractivity contribution in [1.82, 2.24) is 15.3 Å². The topological polar surface area (TPSA) is 108 Å². The number of carboxylic acid groups (broad SMARTS) is 1. The number of aliphatic carboxylic acids is 1. The molecule has 1 aliphatic rings. The van der Waals surface area contributed by atoms with E-state index in [1.807, 2.05) is 24.3 Å². The number of hydrogen-bond acceptors (Lipinski definition) is 8. The molecule has 3 heterocycles. The van der Waals surface area contributed by atoms with E-state index in [0.29, 0.717) is 30.9 Å². The summed E-state index contributed by atoms with van der Waals surface area (Å²) in [6.45, 7) is 6.61. The van der Waals surface area contributed by atoms with Gasteiger partial charge in [-0.15, -0.1) is 11.3 Å². The number of piperazine rings is 1. The van der Waals surface area contributed by atoms with Gasteiger partial charge in [0.25, 0.3) is 5.91 Å². The summed E-state index contributed by atoms with van der Waals surface area (Å²) < 4.78 is 6.10. The van der Waals surface area contributed by atoms with E-state index in [1.165, 1.54) is 10.6 Å². The Labute approximate surface area is 249 Å². The minimum atomic E-state index is -0.866. The standard InChI is InChI=1S/C32H35N5O4S/c1-23-28(35-32(42-23)37-18-16-36(17-19-37)26-7-3-2-4-8-26)14-20-41-27-12-10-24(11-13-30(38)39)25(21-27)22-34-31(40)29-9-5-6-15-33-29/h2-10,12,15,21H,11,13-14,16-20,22H2,1H3,(H,34,40)(H,38,39). The van der Waals surface area contributed by atoms with Crippen LogP contribution in [0.5, 0.6) is 5.75 Å². The van der Waals surface area contributed by atoms with Crippen molar-refractivity contribution in [2.24, 2.45) is 0 Å². The Morgan fingerprint density at radius 3 is 2.45 bits per heavy atom. The van der Waals surface area contributed by atoms with Crippen molar-refractivity contribution in [3.05, 3.63) is 100 Å². The fourth-order valence-electron chi connectivity index (χ4n) is 4.95. The lowest BCUT2D eigenvalue weighted by atomic mass is 10.0. The molecule has 0 spiro atoms. The number of benzene rings is 2. The van der Waals surface area contributed by atoms with E-state index < -0.39 is 5.97 Å². The van der Waals surface area contributed by atoms with Crippen LogP contribution >= 0.6 is 11.3 Å². The first-order valence-corrected chi connectivity index (χ1v) is 14.9. The van der Waals surface area contributed by atoms with Crippen LogP contribution in [0.3, 0.4) is 0 Å². The molecule has 2 N–H and O–H groups in total. The first-order chi connectivity index (χ1) is 20.5. The highest BCUT2D eigenvalue weighted by atomic mass is 32.1. The van der Waals surface area contributed by atoms with Gasteiger partial charge in [0.05, 0.1) is 12.3 Å². The number of nitrogens with one attached hydrogen (secondary N) is 1. The third-order valence-electron chi connectivity index (χ3n) is 7.28. The number of para-hydroxylation sites is 1. The lowest BCUT2D eigenvalue weighted by molar-refractivity contribution is -0.136. The van der Waals surface area contributed by atoms with Crippen LogP contribution in [0.25, 0.3) is 0 Å². The van der Waals surface area contributed by atoms with Gasteiger partial charge in [-0.05, 0) is 60.9 Å². The molecular formula is C32H35N5O4S. The first kappa shape index (κ1) is 29.1. The van der Waals surface area contributed by atoms with Crippen molar-refractivity contribution in [2.75, 3.05) is 42.6 Å².